The Kier molecular flexibility index (Phi) is 11.1. The maximum atomic E-state index is 14.2. The van der Waals surface area contributed by atoms with E-state index in [-0.39, 0.29) is 24.4 Å². The van der Waals surface area contributed by atoms with Gasteiger partial charge >= 0.3 is 0 Å². The van der Waals surface area contributed by atoms with Crippen molar-refractivity contribution in [3.05, 3.63) is 101 Å². The van der Waals surface area contributed by atoms with E-state index in [0.717, 1.165) is 39.2 Å². The second-order valence-corrected chi connectivity index (χ2v) is 13.0. The van der Waals surface area contributed by atoms with Gasteiger partial charge in [0, 0.05) is 19.0 Å². The van der Waals surface area contributed by atoms with Crippen LogP contribution in [-0.2, 0) is 32.6 Å². The minimum atomic E-state index is -3.80. The molecule has 0 heterocycles. The number of nitrogens with zero attached hydrogens (tertiary/aromatic N) is 2. The van der Waals surface area contributed by atoms with E-state index in [4.69, 9.17) is 0 Å². The molecule has 2 atom stereocenters. The largest absolute Gasteiger partial charge is 0.352 e. The summed E-state index contributed by atoms with van der Waals surface area (Å²) in [6.07, 6.45) is 2.13. The van der Waals surface area contributed by atoms with Crippen molar-refractivity contribution < 1.29 is 18.0 Å². The Morgan fingerprint density at radius 3 is 2.07 bits per heavy atom. The van der Waals surface area contributed by atoms with Gasteiger partial charge in [0.1, 0.15) is 12.6 Å². The summed E-state index contributed by atoms with van der Waals surface area (Å²) in [5.74, 6) is -0.438. The van der Waals surface area contributed by atoms with Crippen LogP contribution in [-0.4, -0.2) is 50.0 Å². The second kappa shape index (κ2) is 14.3. The van der Waals surface area contributed by atoms with Gasteiger partial charge in [-0.2, -0.15) is 0 Å². The van der Waals surface area contributed by atoms with E-state index in [1.807, 2.05) is 87.5 Å². The molecule has 7 nitrogen and oxygen atoms in total. The third-order valence-corrected chi connectivity index (χ3v) is 8.38. The lowest BCUT2D eigenvalue weighted by Gasteiger charge is -2.34. The number of carbonyl (C=O) groups excluding carboxylic acids is 2. The van der Waals surface area contributed by atoms with Crippen molar-refractivity contribution in [1.82, 2.24) is 10.2 Å². The molecule has 0 saturated carbocycles. The summed E-state index contributed by atoms with van der Waals surface area (Å²) in [6.45, 7) is 9.75. The van der Waals surface area contributed by atoms with E-state index in [0.29, 0.717) is 12.1 Å². The molecule has 41 heavy (non-hydrogen) atoms. The Morgan fingerprint density at radius 2 is 1.51 bits per heavy atom. The molecule has 3 rings (SSSR count). The van der Waals surface area contributed by atoms with Gasteiger partial charge in [0.15, 0.2) is 0 Å². The zero-order chi connectivity index (χ0) is 30.2. The normalized spacial score (nSPS) is 13.0. The molecule has 0 spiro atoms. The first-order valence-electron chi connectivity index (χ1n) is 14.2. The highest BCUT2D eigenvalue weighted by Gasteiger charge is 2.33. The molecule has 0 aromatic heterocycles. The quantitative estimate of drug-likeness (QED) is 0.293. The van der Waals surface area contributed by atoms with Crippen LogP contribution in [0.5, 0.6) is 0 Å². The smallest absolute Gasteiger partial charge is 0.244 e. The number of amides is 2. The average molecular weight is 578 g/mol. The molecule has 0 fully saturated rings. The van der Waals surface area contributed by atoms with Crippen molar-refractivity contribution >= 4 is 27.5 Å². The van der Waals surface area contributed by atoms with E-state index >= 15 is 0 Å². The Bertz CT molecular complexity index is 1410. The lowest BCUT2D eigenvalue weighted by atomic mass is 10.0. The van der Waals surface area contributed by atoms with E-state index in [2.05, 4.69) is 19.2 Å². The topological polar surface area (TPSA) is 86.8 Å². The predicted octanol–water partition coefficient (Wildman–Crippen LogP) is 5.44. The lowest BCUT2D eigenvalue weighted by Crippen LogP contribution is -2.54. The highest BCUT2D eigenvalue weighted by molar-refractivity contribution is 7.92. The van der Waals surface area contributed by atoms with Crippen molar-refractivity contribution in [2.24, 2.45) is 0 Å². The van der Waals surface area contributed by atoms with Crippen LogP contribution in [0.25, 0.3) is 0 Å². The van der Waals surface area contributed by atoms with Gasteiger partial charge in [-0.1, -0.05) is 93.1 Å². The zero-order valence-corrected chi connectivity index (χ0v) is 25.8. The minimum Gasteiger partial charge on any atom is -0.352 e. The molecule has 3 aromatic carbocycles. The minimum absolute atomic E-state index is 0.0799. The van der Waals surface area contributed by atoms with Gasteiger partial charge in [-0.15, -0.1) is 0 Å². The van der Waals surface area contributed by atoms with Crippen molar-refractivity contribution in [3.8, 4) is 0 Å². The van der Waals surface area contributed by atoms with Crippen LogP contribution >= 0.6 is 0 Å². The number of hydrogen-bond acceptors (Lipinski definition) is 4. The Balaban J connectivity index is 2.05. The summed E-state index contributed by atoms with van der Waals surface area (Å²) < 4.78 is 27.1. The first-order chi connectivity index (χ1) is 19.4. The Hall–Kier alpha value is -3.65. The average Bonchev–Trinajstić information content (AvgIpc) is 2.93. The van der Waals surface area contributed by atoms with Crippen LogP contribution in [0.4, 0.5) is 5.69 Å². The van der Waals surface area contributed by atoms with E-state index in [1.165, 1.54) is 4.90 Å². The summed E-state index contributed by atoms with van der Waals surface area (Å²) in [6, 6.07) is 23.6. The van der Waals surface area contributed by atoms with Crippen LogP contribution in [0.15, 0.2) is 78.9 Å². The molecular weight excluding hydrogens is 534 g/mol. The van der Waals surface area contributed by atoms with Crippen molar-refractivity contribution in [1.29, 1.82) is 0 Å². The first kappa shape index (κ1) is 31.9. The summed E-state index contributed by atoms with van der Waals surface area (Å²) in [5, 5.41) is 3.05. The molecule has 0 aliphatic carbocycles. The van der Waals surface area contributed by atoms with Crippen molar-refractivity contribution in [2.45, 2.75) is 72.0 Å². The van der Waals surface area contributed by atoms with Gasteiger partial charge in [0.2, 0.25) is 21.8 Å². The van der Waals surface area contributed by atoms with Gasteiger partial charge in [-0.25, -0.2) is 8.42 Å². The highest BCUT2D eigenvalue weighted by atomic mass is 32.2. The molecule has 2 amide bonds. The molecule has 0 aliphatic heterocycles. The molecular formula is C33H43N3O4S. The molecule has 0 aliphatic rings. The highest BCUT2D eigenvalue weighted by Crippen LogP contribution is 2.23. The predicted molar refractivity (Wildman–Crippen MR) is 166 cm³/mol. The molecule has 0 saturated heterocycles. The summed E-state index contributed by atoms with van der Waals surface area (Å²) in [4.78, 5) is 29.4. The third-order valence-electron chi connectivity index (χ3n) is 7.23. The number of rotatable bonds is 13. The SMILES string of the molecule is CCC(C)NC(=O)C(Cc1ccccc1)N(Cc1cccc(C)c1)C(=O)CN(c1ccc(C(C)C)cc1)S(C)(=O)=O. The molecule has 0 bridgehead atoms. The summed E-state index contributed by atoms with van der Waals surface area (Å²) >= 11 is 0. The molecule has 220 valence electrons. The fourth-order valence-corrected chi connectivity index (χ4v) is 5.49. The van der Waals surface area contributed by atoms with Crippen LogP contribution in [0, 0.1) is 6.92 Å². The van der Waals surface area contributed by atoms with Crippen LogP contribution in [0.3, 0.4) is 0 Å². The van der Waals surface area contributed by atoms with E-state index < -0.39 is 28.5 Å². The van der Waals surface area contributed by atoms with E-state index in [1.54, 1.807) is 12.1 Å². The number of benzene rings is 3. The first-order valence-corrected chi connectivity index (χ1v) is 16.0. The fraction of sp³-hybridized carbons (Fsp3) is 0.394. The number of hydrogen-bond donors (Lipinski definition) is 1. The molecule has 2 unspecified atom stereocenters. The standard InChI is InChI=1S/C33H43N3O4S/c1-7-26(5)34-33(38)31(21-27-13-9-8-10-14-27)35(22-28-15-11-12-25(4)20-28)32(37)23-36(41(6,39)40)30-18-16-29(17-19-30)24(2)3/h8-20,24,26,31H,7,21-23H2,1-6H3,(H,34,38). The number of sulfonamides is 1. The third kappa shape index (κ3) is 9.18. The molecule has 1 N–H and O–H groups in total. The number of anilines is 1. The van der Waals surface area contributed by atoms with Crippen LogP contribution in [0.2, 0.25) is 0 Å². The second-order valence-electron chi connectivity index (χ2n) is 11.0. The lowest BCUT2D eigenvalue weighted by molar-refractivity contribution is -0.140. The van der Waals surface area contributed by atoms with Gasteiger partial charge in [-0.05, 0) is 55.0 Å². The van der Waals surface area contributed by atoms with Gasteiger partial charge < -0.3 is 10.2 Å². The molecule has 8 heteroatoms. The number of aryl methyl sites for hydroxylation is 1. The number of nitrogens with one attached hydrogen (secondary N) is 1. The van der Waals surface area contributed by atoms with Crippen LogP contribution in [0.1, 0.15) is 62.3 Å². The number of carbonyl (C=O) groups is 2. The fourth-order valence-electron chi connectivity index (χ4n) is 4.64. The zero-order valence-electron chi connectivity index (χ0n) is 25.0. The molecule has 3 aromatic rings. The Morgan fingerprint density at radius 1 is 0.878 bits per heavy atom. The summed E-state index contributed by atoms with van der Waals surface area (Å²) in [7, 11) is -3.80. The van der Waals surface area contributed by atoms with Crippen LogP contribution < -0.4 is 9.62 Å². The summed E-state index contributed by atoms with van der Waals surface area (Å²) in [5.41, 5.74) is 4.27. The molecule has 0 radical (unpaired) electrons. The Labute approximate surface area is 245 Å². The monoisotopic (exact) mass is 577 g/mol. The van der Waals surface area contributed by atoms with Crippen molar-refractivity contribution in [2.75, 3.05) is 17.1 Å². The van der Waals surface area contributed by atoms with E-state index in [9.17, 15) is 18.0 Å². The maximum absolute atomic E-state index is 14.2. The van der Waals surface area contributed by atoms with Crippen molar-refractivity contribution in [3.63, 3.8) is 0 Å². The van der Waals surface area contributed by atoms with Gasteiger partial charge in [-0.3, -0.25) is 13.9 Å². The van der Waals surface area contributed by atoms with Gasteiger partial charge in [0.05, 0.1) is 11.9 Å². The van der Waals surface area contributed by atoms with Gasteiger partial charge in [0.25, 0.3) is 0 Å². The maximum Gasteiger partial charge on any atom is 0.244 e.